The molecule has 0 amide bonds. The normalized spacial score (nSPS) is 49.0. The highest BCUT2D eigenvalue weighted by atomic mass is 15.1. The van der Waals surface area contributed by atoms with Crippen molar-refractivity contribution in [3.05, 3.63) is 71.8 Å². The second kappa shape index (κ2) is 6.54. The molecular weight excluding hydrogens is 398 g/mol. The van der Waals surface area contributed by atoms with Gasteiger partial charge in [-0.25, -0.2) is 0 Å². The van der Waals surface area contributed by atoms with Crippen LogP contribution in [0.5, 0.6) is 0 Å². The topological polar surface area (TPSA) is 12.0 Å². The van der Waals surface area contributed by atoms with Crippen LogP contribution in [-0.2, 0) is 10.8 Å². The summed E-state index contributed by atoms with van der Waals surface area (Å²) in [5.41, 5.74) is 4.75. The van der Waals surface area contributed by atoms with Gasteiger partial charge in [0.1, 0.15) is 0 Å². The standard InChI is InChI=1S/C32H39N/c1-3-7-27(8-4-1)29-14-26-15-30(20-29,28-9-5-2-6-10-28)22-32(19-26,21-29)33-31-16-23-11-24(17-31)13-25(12-23)18-31/h1-10,23-26,33H,11-22H2. The molecule has 0 heterocycles. The molecule has 10 rings (SSSR count). The van der Waals surface area contributed by atoms with Gasteiger partial charge in [-0.3, -0.25) is 0 Å². The van der Waals surface area contributed by atoms with Gasteiger partial charge in [-0.15, -0.1) is 0 Å². The Morgan fingerprint density at radius 2 is 0.939 bits per heavy atom. The van der Waals surface area contributed by atoms with E-state index in [0.717, 1.165) is 23.7 Å². The van der Waals surface area contributed by atoms with Crippen LogP contribution >= 0.6 is 0 Å². The summed E-state index contributed by atoms with van der Waals surface area (Å²) >= 11 is 0. The molecule has 8 saturated carbocycles. The second-order valence-electron chi connectivity index (χ2n) is 13.9. The Hall–Kier alpha value is -1.60. The Morgan fingerprint density at radius 3 is 1.42 bits per heavy atom. The lowest BCUT2D eigenvalue weighted by Crippen LogP contribution is -2.73. The van der Waals surface area contributed by atoms with Crippen LogP contribution in [0, 0.1) is 23.7 Å². The maximum absolute atomic E-state index is 4.66. The lowest BCUT2D eigenvalue weighted by atomic mass is 9.39. The van der Waals surface area contributed by atoms with Gasteiger partial charge >= 0.3 is 0 Å². The van der Waals surface area contributed by atoms with E-state index in [0.29, 0.717) is 21.9 Å². The zero-order chi connectivity index (χ0) is 21.7. The molecule has 2 aromatic carbocycles. The summed E-state index contributed by atoms with van der Waals surface area (Å²) < 4.78 is 0. The van der Waals surface area contributed by atoms with E-state index in [-0.39, 0.29) is 0 Å². The monoisotopic (exact) mass is 437 g/mol. The van der Waals surface area contributed by atoms with E-state index in [1.165, 1.54) is 77.0 Å². The van der Waals surface area contributed by atoms with E-state index in [2.05, 4.69) is 66.0 Å². The lowest BCUT2D eigenvalue weighted by Gasteiger charge is -2.70. The van der Waals surface area contributed by atoms with E-state index in [1.807, 2.05) is 0 Å². The lowest BCUT2D eigenvalue weighted by molar-refractivity contribution is -0.101. The number of hydrogen-bond acceptors (Lipinski definition) is 1. The molecule has 8 aliphatic carbocycles. The molecule has 8 aliphatic rings. The van der Waals surface area contributed by atoms with E-state index < -0.39 is 0 Å². The van der Waals surface area contributed by atoms with Crippen molar-refractivity contribution in [2.24, 2.45) is 23.7 Å². The molecule has 1 nitrogen and oxygen atoms in total. The van der Waals surface area contributed by atoms with Crippen molar-refractivity contribution < 1.29 is 0 Å². The predicted octanol–water partition coefficient (Wildman–Crippen LogP) is 7.16. The minimum absolute atomic E-state index is 0.330. The van der Waals surface area contributed by atoms with Crippen LogP contribution in [0.25, 0.3) is 0 Å². The zero-order valence-corrected chi connectivity index (χ0v) is 20.1. The fourth-order valence-corrected chi connectivity index (χ4v) is 11.6. The molecule has 0 saturated heterocycles. The average molecular weight is 438 g/mol. The Kier molecular flexibility index (Phi) is 3.90. The SMILES string of the molecule is c1ccc(C23CC4CC(NC56CC7CC(CC(C7)C5)C6)(C2)CC(c2ccccc2)(C4)C3)cc1. The summed E-state index contributed by atoms with van der Waals surface area (Å²) in [5, 5.41) is 4.66. The first-order valence-corrected chi connectivity index (χ1v) is 14.0. The molecule has 2 unspecified atom stereocenters. The first-order valence-electron chi connectivity index (χ1n) is 14.0. The quantitative estimate of drug-likeness (QED) is 0.535. The Labute approximate surface area is 199 Å². The highest BCUT2D eigenvalue weighted by Crippen LogP contribution is 2.68. The third-order valence-corrected chi connectivity index (χ3v) is 11.4. The zero-order valence-electron chi connectivity index (χ0n) is 20.1. The summed E-state index contributed by atoms with van der Waals surface area (Å²) in [6.07, 6.45) is 17.4. The molecular formula is C32H39N. The van der Waals surface area contributed by atoms with Gasteiger partial charge in [0, 0.05) is 11.1 Å². The third-order valence-electron chi connectivity index (χ3n) is 11.4. The van der Waals surface area contributed by atoms with Crippen LogP contribution in [0.4, 0.5) is 0 Å². The van der Waals surface area contributed by atoms with E-state index in [1.54, 1.807) is 11.1 Å². The van der Waals surface area contributed by atoms with Crippen molar-refractivity contribution in [2.75, 3.05) is 0 Å². The van der Waals surface area contributed by atoms with Gasteiger partial charge in [0.05, 0.1) is 0 Å². The van der Waals surface area contributed by atoms with Gasteiger partial charge in [0.25, 0.3) is 0 Å². The van der Waals surface area contributed by atoms with Crippen LogP contribution in [0.1, 0.15) is 88.2 Å². The van der Waals surface area contributed by atoms with Crippen molar-refractivity contribution in [3.63, 3.8) is 0 Å². The van der Waals surface area contributed by atoms with Crippen LogP contribution in [0.15, 0.2) is 60.7 Å². The summed E-state index contributed by atoms with van der Waals surface area (Å²) in [7, 11) is 0. The van der Waals surface area contributed by atoms with Gasteiger partial charge < -0.3 is 5.32 Å². The van der Waals surface area contributed by atoms with Crippen LogP contribution in [0.2, 0.25) is 0 Å². The van der Waals surface area contributed by atoms with Crippen molar-refractivity contribution in [1.82, 2.24) is 5.32 Å². The number of benzene rings is 2. The number of hydrogen-bond donors (Lipinski definition) is 1. The van der Waals surface area contributed by atoms with Crippen molar-refractivity contribution in [2.45, 2.75) is 99.0 Å². The molecule has 2 atom stereocenters. The van der Waals surface area contributed by atoms with Gasteiger partial charge in [-0.1, -0.05) is 60.7 Å². The molecule has 172 valence electrons. The predicted molar refractivity (Wildman–Crippen MR) is 134 cm³/mol. The maximum atomic E-state index is 4.66. The van der Waals surface area contributed by atoms with Gasteiger partial charge in [-0.05, 0) is 123 Å². The minimum atomic E-state index is 0.330. The summed E-state index contributed by atoms with van der Waals surface area (Å²) in [6, 6.07) is 23.4. The highest BCUT2D eigenvalue weighted by molar-refractivity contribution is 5.40. The molecule has 8 bridgehead atoms. The molecule has 8 fully saturated rings. The van der Waals surface area contributed by atoms with Crippen LogP contribution in [-0.4, -0.2) is 11.1 Å². The number of rotatable bonds is 4. The molecule has 2 aromatic rings. The van der Waals surface area contributed by atoms with Gasteiger partial charge in [0.15, 0.2) is 0 Å². The van der Waals surface area contributed by atoms with Crippen molar-refractivity contribution in [3.8, 4) is 0 Å². The van der Waals surface area contributed by atoms with Crippen molar-refractivity contribution in [1.29, 1.82) is 0 Å². The first-order chi connectivity index (χ1) is 16.1. The van der Waals surface area contributed by atoms with Gasteiger partial charge in [0.2, 0.25) is 0 Å². The Bertz CT molecular complexity index is 964. The highest BCUT2D eigenvalue weighted by Gasteiger charge is 2.66. The smallest absolute Gasteiger partial charge is 0.0206 e. The van der Waals surface area contributed by atoms with Gasteiger partial charge in [-0.2, -0.15) is 0 Å². The fraction of sp³-hybridized carbons (Fsp3) is 0.625. The van der Waals surface area contributed by atoms with E-state index in [9.17, 15) is 0 Å². The fourth-order valence-electron chi connectivity index (χ4n) is 11.6. The van der Waals surface area contributed by atoms with E-state index in [4.69, 9.17) is 0 Å². The largest absolute Gasteiger partial charge is 0.306 e. The van der Waals surface area contributed by atoms with E-state index >= 15 is 0 Å². The minimum Gasteiger partial charge on any atom is -0.306 e. The second-order valence-corrected chi connectivity index (χ2v) is 13.9. The first kappa shape index (κ1) is 19.7. The number of nitrogens with one attached hydrogen (secondary N) is 1. The molecule has 0 aromatic heterocycles. The molecule has 0 radical (unpaired) electrons. The van der Waals surface area contributed by atoms with Crippen LogP contribution in [0.3, 0.4) is 0 Å². The summed E-state index contributed by atoms with van der Waals surface area (Å²) in [5.74, 6) is 3.92. The maximum Gasteiger partial charge on any atom is 0.0206 e. The average Bonchev–Trinajstić information content (AvgIpc) is 2.78. The molecule has 0 aliphatic heterocycles. The Balaban J connectivity index is 1.24. The van der Waals surface area contributed by atoms with Crippen molar-refractivity contribution >= 4 is 0 Å². The van der Waals surface area contributed by atoms with Crippen LogP contribution < -0.4 is 5.32 Å². The third kappa shape index (κ3) is 2.87. The Morgan fingerprint density at radius 1 is 0.485 bits per heavy atom. The molecule has 1 N–H and O–H groups in total. The molecule has 33 heavy (non-hydrogen) atoms. The summed E-state index contributed by atoms with van der Waals surface area (Å²) in [6.45, 7) is 0. The summed E-state index contributed by atoms with van der Waals surface area (Å²) in [4.78, 5) is 0. The molecule has 0 spiro atoms. The molecule has 1 heteroatoms.